The van der Waals surface area contributed by atoms with Crippen LogP contribution in [-0.2, 0) is 9.53 Å². The summed E-state index contributed by atoms with van der Waals surface area (Å²) in [5.74, 6) is -0.432. The molecule has 0 aromatic heterocycles. The van der Waals surface area contributed by atoms with E-state index in [4.69, 9.17) is 10.5 Å². The minimum atomic E-state index is -1.44. The lowest BCUT2D eigenvalue weighted by Gasteiger charge is -2.23. The zero-order valence-corrected chi connectivity index (χ0v) is 27.5. The van der Waals surface area contributed by atoms with E-state index in [9.17, 15) is 15.0 Å². The number of rotatable bonds is 32. The number of aliphatic hydroxyl groups is 2. The third-order valence-corrected chi connectivity index (χ3v) is 8.27. The van der Waals surface area contributed by atoms with Gasteiger partial charge in [0.2, 0.25) is 6.29 Å². The van der Waals surface area contributed by atoms with Crippen molar-refractivity contribution < 1.29 is 19.7 Å². The number of aliphatic hydroxyl groups excluding tert-OH is 2. The smallest absolute Gasteiger partial charge is 0.308 e. The zero-order valence-electron chi connectivity index (χ0n) is 27.5. The van der Waals surface area contributed by atoms with Crippen molar-refractivity contribution >= 4 is 5.97 Å². The molecule has 1 unspecified atom stereocenters. The van der Waals surface area contributed by atoms with Gasteiger partial charge in [0.25, 0.3) is 0 Å². The van der Waals surface area contributed by atoms with Gasteiger partial charge in [-0.3, -0.25) is 4.79 Å². The summed E-state index contributed by atoms with van der Waals surface area (Å²) in [4.78, 5) is 12.1. The summed E-state index contributed by atoms with van der Waals surface area (Å²) in [6.45, 7) is 4.52. The molecule has 0 aliphatic heterocycles. The molecule has 0 aromatic rings. The van der Waals surface area contributed by atoms with Gasteiger partial charge in [0, 0.05) is 6.42 Å². The average molecular weight is 582 g/mol. The largest absolute Gasteiger partial charge is 0.434 e. The number of carbonyl (C=O) groups is 1. The highest BCUT2D eigenvalue weighted by molar-refractivity contribution is 5.69. The maximum atomic E-state index is 12.1. The molecule has 0 heterocycles. The monoisotopic (exact) mass is 582 g/mol. The quantitative estimate of drug-likeness (QED) is 0.0318. The van der Waals surface area contributed by atoms with E-state index in [1.54, 1.807) is 0 Å². The molecule has 0 aliphatic carbocycles. The van der Waals surface area contributed by atoms with Crippen molar-refractivity contribution in [2.45, 2.75) is 212 Å². The van der Waals surface area contributed by atoms with E-state index >= 15 is 0 Å². The van der Waals surface area contributed by atoms with Crippen LogP contribution in [0.25, 0.3) is 0 Å². The lowest BCUT2D eigenvalue weighted by molar-refractivity contribution is -0.175. The first-order valence-corrected chi connectivity index (χ1v) is 18.0. The fraction of sp³-hybridized carbons (Fsp3) is 0.917. The van der Waals surface area contributed by atoms with Crippen LogP contribution in [0.1, 0.15) is 194 Å². The van der Waals surface area contributed by atoms with Crippen LogP contribution in [-0.4, -0.2) is 34.6 Å². The Hall–Kier alpha value is -0.910. The summed E-state index contributed by atoms with van der Waals surface area (Å²) in [6, 6.07) is -0.953. The molecule has 0 fully saturated rings. The van der Waals surface area contributed by atoms with Crippen LogP contribution in [0.4, 0.5) is 0 Å². The lowest BCUT2D eigenvalue weighted by atomic mass is 10.0. The number of unbranched alkanes of at least 4 members (excludes halogenated alkanes) is 23. The maximum absolute atomic E-state index is 12.1. The second kappa shape index (κ2) is 32.0. The molecule has 0 spiro atoms. The standard InChI is InChI=1S/C36H71NO4/c1-3-5-7-9-11-13-15-17-18-20-22-24-26-28-30-32-34(39)41-36(40)35(37)33(38)31-29-27-25-23-21-19-16-14-12-10-8-6-4-2/h17-18,33,35-36,38,40H,3-16,19-32,37H2,1-2H3/b18-17-/t33-,35+,36?/m1/s1. The summed E-state index contributed by atoms with van der Waals surface area (Å²) in [5, 5.41) is 20.5. The van der Waals surface area contributed by atoms with Crippen molar-refractivity contribution in [3.05, 3.63) is 12.2 Å². The molecule has 0 saturated carbocycles. The van der Waals surface area contributed by atoms with E-state index in [0.29, 0.717) is 6.42 Å². The van der Waals surface area contributed by atoms with Crippen LogP contribution >= 0.6 is 0 Å². The number of hydrogen-bond donors (Lipinski definition) is 3. The topological polar surface area (TPSA) is 92.8 Å². The average Bonchev–Trinajstić information content (AvgIpc) is 2.96. The molecule has 3 atom stereocenters. The van der Waals surface area contributed by atoms with E-state index in [1.807, 2.05) is 0 Å². The number of allylic oxidation sites excluding steroid dienone is 2. The maximum Gasteiger partial charge on any atom is 0.308 e. The van der Waals surface area contributed by atoms with Gasteiger partial charge in [0.05, 0.1) is 12.1 Å². The van der Waals surface area contributed by atoms with Crippen molar-refractivity contribution in [2.24, 2.45) is 5.73 Å². The minimum absolute atomic E-state index is 0.289. The molecule has 5 heteroatoms. The summed E-state index contributed by atoms with van der Waals surface area (Å²) < 4.78 is 5.09. The Balaban J connectivity index is 3.58. The number of carbonyl (C=O) groups excluding carboxylic acids is 1. The third-order valence-electron chi connectivity index (χ3n) is 8.27. The van der Waals surface area contributed by atoms with Gasteiger partial charge in [-0.1, -0.05) is 161 Å². The Morgan fingerprint density at radius 3 is 1.39 bits per heavy atom. The molecule has 0 amide bonds. The highest BCUT2D eigenvalue weighted by Gasteiger charge is 2.25. The number of nitrogens with two attached hydrogens (primary N) is 1. The lowest BCUT2D eigenvalue weighted by Crippen LogP contribution is -2.46. The van der Waals surface area contributed by atoms with Gasteiger partial charge in [-0.25, -0.2) is 0 Å². The van der Waals surface area contributed by atoms with Crippen LogP contribution in [0, 0.1) is 0 Å². The van der Waals surface area contributed by atoms with Crippen LogP contribution in [0.5, 0.6) is 0 Å². The Bertz CT molecular complexity index is 568. The first-order valence-electron chi connectivity index (χ1n) is 18.0. The number of hydrogen-bond acceptors (Lipinski definition) is 5. The molecule has 0 saturated heterocycles. The number of esters is 1. The van der Waals surface area contributed by atoms with Gasteiger partial charge in [-0.05, 0) is 38.5 Å². The minimum Gasteiger partial charge on any atom is -0.434 e. The van der Waals surface area contributed by atoms with Crippen LogP contribution < -0.4 is 5.73 Å². The molecule has 244 valence electrons. The van der Waals surface area contributed by atoms with Gasteiger partial charge in [-0.15, -0.1) is 0 Å². The Morgan fingerprint density at radius 2 is 0.951 bits per heavy atom. The normalized spacial score (nSPS) is 14.0. The highest BCUT2D eigenvalue weighted by atomic mass is 16.6. The summed E-state index contributed by atoms with van der Waals surface area (Å²) in [5.41, 5.74) is 5.96. The summed E-state index contributed by atoms with van der Waals surface area (Å²) in [6.07, 6.45) is 35.4. The van der Waals surface area contributed by atoms with Gasteiger partial charge in [0.1, 0.15) is 0 Å². The van der Waals surface area contributed by atoms with Gasteiger partial charge in [-0.2, -0.15) is 0 Å². The zero-order chi connectivity index (χ0) is 30.2. The van der Waals surface area contributed by atoms with Crippen molar-refractivity contribution in [1.82, 2.24) is 0 Å². The molecule has 4 N–H and O–H groups in total. The van der Waals surface area contributed by atoms with Crippen molar-refractivity contribution in [3.63, 3.8) is 0 Å². The fourth-order valence-electron chi connectivity index (χ4n) is 5.37. The van der Waals surface area contributed by atoms with E-state index in [1.165, 1.54) is 128 Å². The van der Waals surface area contributed by atoms with E-state index in [0.717, 1.165) is 38.5 Å². The SMILES string of the molecule is CCCCCCCC/C=C\CCCCCCCC(=O)OC(O)[C@@H](N)[C@H](O)CCCCCCCCCCCCCCC. The molecule has 0 aromatic carbocycles. The van der Waals surface area contributed by atoms with Gasteiger partial charge >= 0.3 is 5.97 Å². The Kier molecular flexibility index (Phi) is 31.3. The molecule has 5 nitrogen and oxygen atoms in total. The fourth-order valence-corrected chi connectivity index (χ4v) is 5.37. The molecule has 0 radical (unpaired) electrons. The van der Waals surface area contributed by atoms with Crippen LogP contribution in [0.15, 0.2) is 12.2 Å². The van der Waals surface area contributed by atoms with Crippen LogP contribution in [0.3, 0.4) is 0 Å². The van der Waals surface area contributed by atoms with Crippen molar-refractivity contribution in [3.8, 4) is 0 Å². The Morgan fingerprint density at radius 1 is 0.585 bits per heavy atom. The second-order valence-electron chi connectivity index (χ2n) is 12.4. The van der Waals surface area contributed by atoms with E-state index < -0.39 is 24.4 Å². The molecule has 0 aliphatic rings. The summed E-state index contributed by atoms with van der Waals surface area (Å²) >= 11 is 0. The summed E-state index contributed by atoms with van der Waals surface area (Å²) in [7, 11) is 0. The van der Waals surface area contributed by atoms with Crippen molar-refractivity contribution in [1.29, 1.82) is 0 Å². The first-order chi connectivity index (χ1) is 20.0. The second-order valence-corrected chi connectivity index (χ2v) is 12.4. The third kappa shape index (κ3) is 29.0. The predicted molar refractivity (Wildman–Crippen MR) is 176 cm³/mol. The molecular formula is C36H71NO4. The number of ether oxygens (including phenoxy) is 1. The predicted octanol–water partition coefficient (Wildman–Crippen LogP) is 10.1. The first kappa shape index (κ1) is 40.1. The highest BCUT2D eigenvalue weighted by Crippen LogP contribution is 2.15. The van der Waals surface area contributed by atoms with E-state index in [2.05, 4.69) is 26.0 Å². The van der Waals surface area contributed by atoms with Gasteiger partial charge in [0.15, 0.2) is 0 Å². The van der Waals surface area contributed by atoms with E-state index in [-0.39, 0.29) is 6.42 Å². The molecule has 41 heavy (non-hydrogen) atoms. The molecular weight excluding hydrogens is 510 g/mol. The Labute approximate surface area is 255 Å². The van der Waals surface area contributed by atoms with Gasteiger partial charge < -0.3 is 20.7 Å². The van der Waals surface area contributed by atoms with Crippen molar-refractivity contribution in [2.75, 3.05) is 0 Å². The molecule has 0 rings (SSSR count). The van der Waals surface area contributed by atoms with Crippen LogP contribution in [0.2, 0.25) is 0 Å². The molecule has 0 bridgehead atoms.